The van der Waals surface area contributed by atoms with Crippen molar-refractivity contribution in [1.82, 2.24) is 19.4 Å². The van der Waals surface area contributed by atoms with Gasteiger partial charge in [-0.05, 0) is 38.5 Å². The summed E-state index contributed by atoms with van der Waals surface area (Å²) < 4.78 is 34.5. The highest BCUT2D eigenvalue weighted by Crippen LogP contribution is 2.24. The zero-order valence-corrected chi connectivity index (χ0v) is 16.1. The Labute approximate surface area is 156 Å². The van der Waals surface area contributed by atoms with Gasteiger partial charge in [0.15, 0.2) is 5.76 Å². The Morgan fingerprint density at radius 1 is 1.15 bits per heavy atom. The van der Waals surface area contributed by atoms with Crippen molar-refractivity contribution in [2.45, 2.75) is 32.2 Å². The molecule has 0 atom stereocenters. The van der Waals surface area contributed by atoms with Gasteiger partial charge in [-0.15, -0.1) is 0 Å². The molecule has 0 spiro atoms. The Morgan fingerprint density at radius 3 is 2.59 bits per heavy atom. The zero-order chi connectivity index (χ0) is 19.6. The Hall–Kier alpha value is -2.78. The molecule has 0 aliphatic rings. The molecule has 3 rings (SSSR count). The number of benzene rings is 1. The minimum atomic E-state index is -3.76. The first kappa shape index (κ1) is 19.0. The van der Waals surface area contributed by atoms with Crippen molar-refractivity contribution < 1.29 is 12.9 Å². The fraction of sp³-hybridized carbons (Fsp3) is 0.278. The summed E-state index contributed by atoms with van der Waals surface area (Å²) in [6, 6.07) is 8.47. The highest BCUT2D eigenvalue weighted by molar-refractivity contribution is 7.89. The van der Waals surface area contributed by atoms with E-state index >= 15 is 0 Å². The quantitative estimate of drug-likeness (QED) is 0.690. The van der Waals surface area contributed by atoms with Gasteiger partial charge in [-0.3, -0.25) is 4.57 Å². The molecule has 0 saturated carbocycles. The van der Waals surface area contributed by atoms with E-state index in [4.69, 9.17) is 4.52 Å². The second kappa shape index (κ2) is 7.45. The topological polar surface area (TPSA) is 107 Å². The van der Waals surface area contributed by atoms with E-state index in [-0.39, 0.29) is 18.0 Å². The molecule has 1 aromatic carbocycles. The van der Waals surface area contributed by atoms with Gasteiger partial charge in [0.2, 0.25) is 10.0 Å². The first-order valence-electron chi connectivity index (χ1n) is 8.34. The molecule has 8 nitrogen and oxygen atoms in total. The molecule has 9 heteroatoms. The minimum absolute atomic E-state index is 0.0692. The third-order valence-electron chi connectivity index (χ3n) is 4.17. The minimum Gasteiger partial charge on any atom is -0.356 e. The molecule has 0 aliphatic carbocycles. The summed E-state index contributed by atoms with van der Waals surface area (Å²) in [6.45, 7) is 5.51. The van der Waals surface area contributed by atoms with Crippen LogP contribution in [0.5, 0.6) is 0 Å². The van der Waals surface area contributed by atoms with Crippen LogP contribution in [0.3, 0.4) is 0 Å². The summed E-state index contributed by atoms with van der Waals surface area (Å²) in [5, 5.41) is 3.64. The van der Waals surface area contributed by atoms with Crippen molar-refractivity contribution in [1.29, 1.82) is 0 Å². The number of nitrogens with zero attached hydrogens (tertiary/aromatic N) is 3. The van der Waals surface area contributed by atoms with Crippen LogP contribution in [0.1, 0.15) is 17.0 Å². The number of hydrogen-bond acceptors (Lipinski definition) is 6. The molecule has 0 saturated heterocycles. The van der Waals surface area contributed by atoms with Crippen molar-refractivity contribution in [2.75, 3.05) is 6.54 Å². The van der Waals surface area contributed by atoms with Crippen LogP contribution in [0, 0.1) is 20.8 Å². The molecular formula is C18H20N4O4S. The van der Waals surface area contributed by atoms with Crippen LogP contribution in [0.4, 0.5) is 0 Å². The second-order valence-corrected chi connectivity index (χ2v) is 7.96. The van der Waals surface area contributed by atoms with E-state index in [1.165, 1.54) is 10.8 Å². The third-order valence-corrected chi connectivity index (χ3v) is 5.78. The molecule has 3 aromatic rings. The molecule has 0 radical (unpaired) electrons. The van der Waals surface area contributed by atoms with Gasteiger partial charge in [0, 0.05) is 36.1 Å². The lowest BCUT2D eigenvalue weighted by atomic mass is 10.1. The molecule has 0 fully saturated rings. The smallest absolute Gasteiger partial charge is 0.348 e. The van der Waals surface area contributed by atoms with Crippen LogP contribution >= 0.6 is 0 Å². The number of rotatable bonds is 6. The second-order valence-electron chi connectivity index (χ2n) is 6.23. The lowest BCUT2D eigenvalue weighted by molar-refractivity contribution is 0.432. The van der Waals surface area contributed by atoms with Gasteiger partial charge in [0.25, 0.3) is 0 Å². The molecule has 0 unspecified atom stereocenters. The maximum atomic E-state index is 12.7. The molecule has 0 aliphatic heterocycles. The highest BCUT2D eigenvalue weighted by Gasteiger charge is 2.18. The molecule has 0 bridgehead atoms. The Kier molecular flexibility index (Phi) is 5.24. The summed E-state index contributed by atoms with van der Waals surface area (Å²) in [4.78, 5) is 16.0. The van der Waals surface area contributed by atoms with E-state index in [1.807, 2.05) is 0 Å². The first-order chi connectivity index (χ1) is 12.8. The molecule has 2 heterocycles. The van der Waals surface area contributed by atoms with E-state index < -0.39 is 15.7 Å². The van der Waals surface area contributed by atoms with Gasteiger partial charge in [-0.2, -0.15) is 4.98 Å². The fourth-order valence-corrected chi connectivity index (χ4v) is 4.11. The van der Waals surface area contributed by atoms with Gasteiger partial charge >= 0.3 is 5.69 Å². The van der Waals surface area contributed by atoms with Crippen LogP contribution in [-0.4, -0.2) is 29.7 Å². The molecule has 2 aromatic heterocycles. The van der Waals surface area contributed by atoms with Gasteiger partial charge in [-0.25, -0.2) is 17.9 Å². The molecular weight excluding hydrogens is 368 g/mol. The third kappa shape index (κ3) is 4.15. The summed E-state index contributed by atoms with van der Waals surface area (Å²) in [5.74, 6) is 0.486. The first-order valence-corrected chi connectivity index (χ1v) is 9.83. The molecule has 0 amide bonds. The SMILES string of the molecule is Cc1cc(C)n(CCNS(=O)(=O)c2cc(-c3ccno3)ccc2C)c(=O)n1. The van der Waals surface area contributed by atoms with Crippen LogP contribution in [0.15, 0.2) is 50.7 Å². The summed E-state index contributed by atoms with van der Waals surface area (Å²) >= 11 is 0. The number of nitrogens with one attached hydrogen (secondary N) is 1. The Balaban J connectivity index is 1.80. The number of hydrogen-bond donors (Lipinski definition) is 1. The lowest BCUT2D eigenvalue weighted by Gasteiger charge is -2.12. The average Bonchev–Trinajstić information content (AvgIpc) is 3.12. The molecule has 27 heavy (non-hydrogen) atoms. The van der Waals surface area contributed by atoms with E-state index in [0.717, 1.165) is 5.69 Å². The van der Waals surface area contributed by atoms with Crippen molar-refractivity contribution in [3.05, 3.63) is 64.0 Å². The lowest BCUT2D eigenvalue weighted by Crippen LogP contribution is -2.33. The van der Waals surface area contributed by atoms with Crippen molar-refractivity contribution in [3.63, 3.8) is 0 Å². The van der Waals surface area contributed by atoms with Crippen molar-refractivity contribution in [2.24, 2.45) is 0 Å². The number of aromatic nitrogens is 3. The van der Waals surface area contributed by atoms with Gasteiger partial charge in [0.05, 0.1) is 11.1 Å². The van der Waals surface area contributed by atoms with Crippen LogP contribution < -0.4 is 10.4 Å². The molecule has 142 valence electrons. The normalized spacial score (nSPS) is 11.7. The Bertz CT molecular complexity index is 1120. The monoisotopic (exact) mass is 388 g/mol. The average molecular weight is 388 g/mol. The summed E-state index contributed by atoms with van der Waals surface area (Å²) in [6.07, 6.45) is 1.50. The maximum absolute atomic E-state index is 12.7. The van der Waals surface area contributed by atoms with Crippen molar-refractivity contribution in [3.8, 4) is 11.3 Å². The zero-order valence-electron chi connectivity index (χ0n) is 15.3. The van der Waals surface area contributed by atoms with E-state index in [0.29, 0.717) is 22.6 Å². The molecule has 1 N–H and O–H groups in total. The fourth-order valence-electron chi connectivity index (χ4n) is 2.82. The highest BCUT2D eigenvalue weighted by atomic mass is 32.2. The standard InChI is InChI=1S/C18H20N4O4S/c1-12-4-5-15(16-6-7-19-26-16)11-17(12)27(24,25)20-8-9-22-14(3)10-13(2)21-18(22)23/h4-7,10-11,20H,8-9H2,1-3H3. The number of sulfonamides is 1. The summed E-state index contributed by atoms with van der Waals surface area (Å²) in [7, 11) is -3.76. The summed E-state index contributed by atoms with van der Waals surface area (Å²) in [5.41, 5.74) is 2.20. The van der Waals surface area contributed by atoms with Crippen LogP contribution in [0.2, 0.25) is 0 Å². The van der Waals surface area contributed by atoms with E-state index in [9.17, 15) is 13.2 Å². The van der Waals surface area contributed by atoms with Crippen LogP contribution in [0.25, 0.3) is 11.3 Å². The van der Waals surface area contributed by atoms with Gasteiger partial charge < -0.3 is 4.52 Å². The van der Waals surface area contributed by atoms with Gasteiger partial charge in [-0.1, -0.05) is 17.3 Å². The van der Waals surface area contributed by atoms with Crippen molar-refractivity contribution >= 4 is 10.0 Å². The van der Waals surface area contributed by atoms with E-state index in [1.54, 1.807) is 51.1 Å². The van der Waals surface area contributed by atoms with Gasteiger partial charge in [0.1, 0.15) is 0 Å². The Morgan fingerprint density at radius 2 is 1.93 bits per heavy atom. The largest absolute Gasteiger partial charge is 0.356 e. The van der Waals surface area contributed by atoms with E-state index in [2.05, 4.69) is 14.9 Å². The predicted molar refractivity (Wildman–Crippen MR) is 99.8 cm³/mol. The number of aryl methyl sites for hydroxylation is 3. The van der Waals surface area contributed by atoms with Crippen LogP contribution in [-0.2, 0) is 16.6 Å². The predicted octanol–water partition coefficient (Wildman–Crippen LogP) is 1.80. The maximum Gasteiger partial charge on any atom is 0.348 e.